The molecule has 0 saturated carbocycles. The van der Waals surface area contributed by atoms with Crippen LogP contribution in [0, 0.1) is 13.8 Å². The van der Waals surface area contributed by atoms with Gasteiger partial charge in [0.1, 0.15) is 0 Å². The first-order chi connectivity index (χ1) is 11.0. The third kappa shape index (κ3) is 3.13. The highest BCUT2D eigenvalue weighted by atomic mass is 35.5. The van der Waals surface area contributed by atoms with Gasteiger partial charge in [0.15, 0.2) is 5.69 Å². The number of carbonyl (C=O) groups is 1. The van der Waals surface area contributed by atoms with Crippen LogP contribution < -0.4 is 5.32 Å². The maximum atomic E-state index is 12.5. The molecule has 23 heavy (non-hydrogen) atoms. The Morgan fingerprint density at radius 1 is 1.26 bits per heavy atom. The number of rotatable bonds is 3. The Morgan fingerprint density at radius 2 is 2.04 bits per heavy atom. The summed E-state index contributed by atoms with van der Waals surface area (Å²) in [5.74, 6) is -0.0123. The van der Waals surface area contributed by atoms with Gasteiger partial charge in [-0.1, -0.05) is 23.4 Å². The number of aryl methyl sites for hydroxylation is 2. The number of anilines is 1. The van der Waals surface area contributed by atoms with Crippen molar-refractivity contribution < 1.29 is 4.79 Å². The van der Waals surface area contributed by atoms with E-state index in [4.69, 9.17) is 11.6 Å². The number of nitrogens with zero attached hydrogens (tertiary/aromatic N) is 5. The minimum atomic E-state index is -0.375. The van der Waals surface area contributed by atoms with E-state index in [1.165, 1.54) is 16.3 Å². The third-order valence-electron chi connectivity index (χ3n) is 3.17. The molecule has 7 nitrogen and oxygen atoms in total. The largest absolute Gasteiger partial charge is 0.320 e. The molecule has 0 aliphatic heterocycles. The highest BCUT2D eigenvalue weighted by molar-refractivity contribution is 7.98. The summed E-state index contributed by atoms with van der Waals surface area (Å²) in [7, 11) is 0. The molecule has 118 valence electrons. The number of halogens is 1. The lowest BCUT2D eigenvalue weighted by molar-refractivity contribution is 0.102. The van der Waals surface area contributed by atoms with Crippen LogP contribution in [0.4, 0.5) is 5.69 Å². The zero-order chi connectivity index (χ0) is 16.6. The number of thioether (sulfide) groups is 1. The van der Waals surface area contributed by atoms with Crippen LogP contribution >= 0.6 is 23.4 Å². The van der Waals surface area contributed by atoms with Crippen molar-refractivity contribution >= 4 is 40.7 Å². The van der Waals surface area contributed by atoms with Gasteiger partial charge in [-0.3, -0.25) is 4.79 Å². The lowest BCUT2D eigenvalue weighted by Crippen LogP contribution is -2.18. The van der Waals surface area contributed by atoms with Gasteiger partial charge >= 0.3 is 0 Å². The predicted octanol–water partition coefficient (Wildman–Crippen LogP) is 2.76. The Bertz CT molecular complexity index is 889. The molecule has 1 N–H and O–H groups in total. The molecule has 0 saturated heterocycles. The maximum Gasteiger partial charge on any atom is 0.278 e. The molecule has 0 unspecified atom stereocenters. The summed E-state index contributed by atoms with van der Waals surface area (Å²) in [5, 5.41) is 16.1. The van der Waals surface area contributed by atoms with Gasteiger partial charge in [0.2, 0.25) is 5.16 Å². The molecule has 0 aliphatic rings. The highest BCUT2D eigenvalue weighted by Gasteiger charge is 2.17. The van der Waals surface area contributed by atoms with E-state index < -0.39 is 0 Å². The Balaban J connectivity index is 1.95. The van der Waals surface area contributed by atoms with E-state index in [1.807, 2.05) is 25.3 Å². The van der Waals surface area contributed by atoms with Gasteiger partial charge in [0, 0.05) is 10.7 Å². The van der Waals surface area contributed by atoms with E-state index in [0.29, 0.717) is 27.3 Å². The molecule has 3 aromatic rings. The Labute approximate surface area is 141 Å². The smallest absolute Gasteiger partial charge is 0.278 e. The first kappa shape index (κ1) is 15.7. The average Bonchev–Trinajstić information content (AvgIpc) is 2.90. The average molecular weight is 349 g/mol. The molecule has 0 radical (unpaired) electrons. The molecule has 2 heterocycles. The third-order valence-corrected chi connectivity index (χ3v) is 3.92. The second-order valence-corrected chi connectivity index (χ2v) is 6.13. The summed E-state index contributed by atoms with van der Waals surface area (Å²) in [4.78, 5) is 16.6. The van der Waals surface area contributed by atoms with E-state index in [9.17, 15) is 4.79 Å². The Kier molecular flexibility index (Phi) is 4.18. The predicted molar refractivity (Wildman–Crippen MR) is 89.2 cm³/mol. The number of carbonyl (C=O) groups excluding carboxylic acids is 1. The number of benzene rings is 1. The quantitative estimate of drug-likeness (QED) is 0.732. The van der Waals surface area contributed by atoms with Crippen molar-refractivity contribution in [2.75, 3.05) is 11.6 Å². The van der Waals surface area contributed by atoms with E-state index in [-0.39, 0.29) is 11.6 Å². The second kappa shape index (κ2) is 6.13. The van der Waals surface area contributed by atoms with E-state index >= 15 is 0 Å². The van der Waals surface area contributed by atoms with Gasteiger partial charge in [-0.25, -0.2) is 0 Å². The molecular weight excluding hydrogens is 336 g/mol. The standard InChI is InChI=1S/C14H13ClN6OS/c1-7-4-9(15)6-10(5-7)16-12(22)11-8(2)21-13(19-18-11)17-14(20-21)23-3/h4-6H,1-3H3,(H,16,22). The Hall–Kier alpha value is -2.19. The van der Waals surface area contributed by atoms with Crippen LogP contribution in [0.15, 0.2) is 23.4 Å². The number of fused-ring (bicyclic) bond motifs is 1. The maximum absolute atomic E-state index is 12.5. The van der Waals surface area contributed by atoms with Crippen LogP contribution in [0.5, 0.6) is 0 Å². The highest BCUT2D eigenvalue weighted by Crippen LogP contribution is 2.19. The van der Waals surface area contributed by atoms with Crippen molar-refractivity contribution in [3.63, 3.8) is 0 Å². The van der Waals surface area contributed by atoms with Crippen LogP contribution in [0.1, 0.15) is 21.7 Å². The van der Waals surface area contributed by atoms with E-state index in [0.717, 1.165) is 5.56 Å². The summed E-state index contributed by atoms with van der Waals surface area (Å²) < 4.78 is 1.51. The minimum Gasteiger partial charge on any atom is -0.320 e. The number of hydrogen-bond donors (Lipinski definition) is 1. The summed E-state index contributed by atoms with van der Waals surface area (Å²) in [6, 6.07) is 5.31. The monoisotopic (exact) mass is 348 g/mol. The molecule has 3 rings (SSSR count). The first-order valence-corrected chi connectivity index (χ1v) is 8.31. The van der Waals surface area contributed by atoms with Crippen molar-refractivity contribution in [2.45, 2.75) is 19.0 Å². The summed E-state index contributed by atoms with van der Waals surface area (Å²) in [6.07, 6.45) is 1.87. The molecule has 9 heteroatoms. The fourth-order valence-corrected chi connectivity index (χ4v) is 2.76. The SMILES string of the molecule is CSc1nc2nnc(C(=O)Nc3cc(C)cc(Cl)c3)c(C)n2n1. The van der Waals surface area contributed by atoms with Crippen LogP contribution in [0.25, 0.3) is 5.78 Å². The number of hydrogen-bond acceptors (Lipinski definition) is 6. The van der Waals surface area contributed by atoms with Gasteiger partial charge in [-0.2, -0.15) is 9.50 Å². The van der Waals surface area contributed by atoms with Crippen LogP contribution in [0.2, 0.25) is 5.02 Å². The molecular formula is C14H13ClN6OS. The van der Waals surface area contributed by atoms with Crippen molar-refractivity contribution in [1.29, 1.82) is 0 Å². The van der Waals surface area contributed by atoms with Gasteiger partial charge in [0.05, 0.1) is 5.69 Å². The summed E-state index contributed by atoms with van der Waals surface area (Å²) in [6.45, 7) is 3.65. The molecule has 2 aromatic heterocycles. The lowest BCUT2D eigenvalue weighted by Gasteiger charge is -2.08. The van der Waals surface area contributed by atoms with Gasteiger partial charge in [-0.05, 0) is 43.9 Å². The van der Waals surface area contributed by atoms with Crippen molar-refractivity contribution in [1.82, 2.24) is 24.8 Å². The van der Waals surface area contributed by atoms with E-state index in [2.05, 4.69) is 25.6 Å². The fourth-order valence-electron chi connectivity index (χ4n) is 2.14. The molecule has 1 amide bonds. The zero-order valence-corrected chi connectivity index (χ0v) is 14.2. The number of aromatic nitrogens is 5. The fraction of sp³-hybridized carbons (Fsp3) is 0.214. The molecule has 0 spiro atoms. The van der Waals surface area contributed by atoms with E-state index in [1.54, 1.807) is 13.0 Å². The van der Waals surface area contributed by atoms with Gasteiger partial charge < -0.3 is 5.32 Å². The normalized spacial score (nSPS) is 11.0. The van der Waals surface area contributed by atoms with Crippen LogP contribution in [-0.2, 0) is 0 Å². The molecule has 0 fully saturated rings. The van der Waals surface area contributed by atoms with Crippen LogP contribution in [0.3, 0.4) is 0 Å². The van der Waals surface area contributed by atoms with Gasteiger partial charge in [0.25, 0.3) is 11.7 Å². The number of amides is 1. The van der Waals surface area contributed by atoms with Crippen LogP contribution in [-0.4, -0.2) is 37.0 Å². The Morgan fingerprint density at radius 3 is 2.74 bits per heavy atom. The first-order valence-electron chi connectivity index (χ1n) is 6.70. The van der Waals surface area contributed by atoms with Crippen molar-refractivity contribution in [3.8, 4) is 0 Å². The van der Waals surface area contributed by atoms with Gasteiger partial charge in [-0.15, -0.1) is 15.3 Å². The van der Waals surface area contributed by atoms with Crippen molar-refractivity contribution in [2.24, 2.45) is 0 Å². The second-order valence-electron chi connectivity index (χ2n) is 4.92. The van der Waals surface area contributed by atoms with Crippen molar-refractivity contribution in [3.05, 3.63) is 40.2 Å². The topological polar surface area (TPSA) is 85.1 Å². The lowest BCUT2D eigenvalue weighted by atomic mass is 10.2. The number of nitrogens with one attached hydrogen (secondary N) is 1. The molecule has 0 bridgehead atoms. The molecule has 0 aliphatic carbocycles. The molecule has 0 atom stereocenters. The zero-order valence-electron chi connectivity index (χ0n) is 12.7. The summed E-state index contributed by atoms with van der Waals surface area (Å²) >= 11 is 7.40. The minimum absolute atomic E-state index is 0.188. The molecule has 1 aromatic carbocycles. The summed E-state index contributed by atoms with van der Waals surface area (Å²) in [5.41, 5.74) is 2.31.